The van der Waals surface area contributed by atoms with E-state index in [9.17, 15) is 9.59 Å². The Hall–Kier alpha value is -3.56. The number of amides is 2. The van der Waals surface area contributed by atoms with Crippen LogP contribution in [0.15, 0.2) is 54.6 Å². The Labute approximate surface area is 193 Å². The molecule has 2 heterocycles. The lowest BCUT2D eigenvalue weighted by Crippen LogP contribution is -2.43. The van der Waals surface area contributed by atoms with E-state index >= 15 is 0 Å². The summed E-state index contributed by atoms with van der Waals surface area (Å²) < 4.78 is 6.96. The van der Waals surface area contributed by atoms with E-state index in [0.29, 0.717) is 21.3 Å². The highest BCUT2D eigenvalue weighted by Crippen LogP contribution is 2.32. The minimum Gasteiger partial charge on any atom is -0.495 e. The highest BCUT2D eigenvalue weighted by molar-refractivity contribution is 7.20. The largest absolute Gasteiger partial charge is 0.495 e. The number of halogens is 1. The van der Waals surface area contributed by atoms with Crippen molar-refractivity contribution in [1.29, 1.82) is 0 Å². The summed E-state index contributed by atoms with van der Waals surface area (Å²) in [5.41, 5.74) is 7.06. The van der Waals surface area contributed by atoms with Gasteiger partial charge in [0.2, 0.25) is 0 Å². The van der Waals surface area contributed by atoms with Crippen molar-refractivity contribution in [1.82, 2.24) is 20.6 Å². The van der Waals surface area contributed by atoms with Crippen LogP contribution in [0.25, 0.3) is 15.9 Å². The van der Waals surface area contributed by atoms with E-state index in [1.165, 1.54) is 11.3 Å². The summed E-state index contributed by atoms with van der Waals surface area (Å²) in [6.45, 7) is 1.84. The van der Waals surface area contributed by atoms with E-state index in [0.717, 1.165) is 21.6 Å². The summed E-state index contributed by atoms with van der Waals surface area (Å²) in [6.07, 6.45) is 0. The van der Waals surface area contributed by atoms with Gasteiger partial charge in [-0.05, 0) is 37.3 Å². The number of aryl methyl sites for hydroxylation is 1. The van der Waals surface area contributed by atoms with Crippen molar-refractivity contribution >= 4 is 50.7 Å². The van der Waals surface area contributed by atoms with Gasteiger partial charge in [-0.2, -0.15) is 5.10 Å². The quantitative estimate of drug-likeness (QED) is 0.372. The van der Waals surface area contributed by atoms with E-state index in [1.54, 1.807) is 36.1 Å². The zero-order valence-electron chi connectivity index (χ0n) is 17.3. The Morgan fingerprint density at radius 1 is 1.12 bits per heavy atom. The van der Waals surface area contributed by atoms with Gasteiger partial charge >= 0.3 is 0 Å². The summed E-state index contributed by atoms with van der Waals surface area (Å²) in [4.78, 5) is 26.0. The Morgan fingerprint density at radius 3 is 2.66 bits per heavy atom. The summed E-state index contributed by atoms with van der Waals surface area (Å²) in [5, 5.41) is 8.93. The molecule has 0 aliphatic rings. The standard InChI is InChI=1S/C22H20ClN5O3S/c1-13-14-11-19(32-22(14)28(27-13)17-9-5-3-7-15(17)23)21(30)26-25-20(29)12-24-16-8-4-6-10-18(16)31-2/h3-11,24H,12H2,1-2H3,(H,25,29)(H,26,30). The number of carbonyl (C=O) groups is 2. The number of nitrogens with one attached hydrogen (secondary N) is 3. The molecule has 0 unspecified atom stereocenters. The smallest absolute Gasteiger partial charge is 0.279 e. The lowest BCUT2D eigenvalue weighted by Gasteiger charge is -2.11. The highest BCUT2D eigenvalue weighted by Gasteiger charge is 2.18. The molecule has 32 heavy (non-hydrogen) atoms. The first-order valence-corrected chi connectivity index (χ1v) is 10.9. The maximum atomic E-state index is 12.6. The second-order valence-electron chi connectivity index (χ2n) is 6.83. The summed E-state index contributed by atoms with van der Waals surface area (Å²) in [7, 11) is 1.55. The minimum absolute atomic E-state index is 0.0341. The highest BCUT2D eigenvalue weighted by atomic mass is 35.5. The number of ether oxygens (including phenoxy) is 1. The number of methoxy groups -OCH3 is 1. The predicted octanol–water partition coefficient (Wildman–Crippen LogP) is 3.93. The lowest BCUT2D eigenvalue weighted by atomic mass is 10.3. The van der Waals surface area contributed by atoms with Gasteiger partial charge in [-0.15, -0.1) is 11.3 Å². The Balaban J connectivity index is 1.42. The second-order valence-corrected chi connectivity index (χ2v) is 8.27. The maximum Gasteiger partial charge on any atom is 0.279 e. The molecule has 0 fully saturated rings. The number of aromatic nitrogens is 2. The van der Waals surface area contributed by atoms with Gasteiger partial charge in [0.05, 0.1) is 40.6 Å². The van der Waals surface area contributed by atoms with Crippen molar-refractivity contribution in [2.24, 2.45) is 0 Å². The Kier molecular flexibility index (Phi) is 6.29. The molecule has 0 saturated carbocycles. The molecule has 0 atom stereocenters. The molecule has 4 rings (SSSR count). The number of hydrazine groups is 1. The van der Waals surface area contributed by atoms with Crippen LogP contribution in [-0.2, 0) is 4.79 Å². The monoisotopic (exact) mass is 469 g/mol. The number of thiophene rings is 1. The SMILES string of the molecule is COc1ccccc1NCC(=O)NNC(=O)c1cc2c(C)nn(-c3ccccc3Cl)c2s1. The fraction of sp³-hybridized carbons (Fsp3) is 0.136. The van der Waals surface area contributed by atoms with Gasteiger partial charge in [0.15, 0.2) is 0 Å². The van der Waals surface area contributed by atoms with E-state index in [1.807, 2.05) is 37.3 Å². The third-order valence-corrected chi connectivity index (χ3v) is 6.14. The molecule has 2 aromatic heterocycles. The molecule has 0 bridgehead atoms. The fourth-order valence-electron chi connectivity index (χ4n) is 3.14. The van der Waals surface area contributed by atoms with Crippen molar-refractivity contribution < 1.29 is 14.3 Å². The molecule has 4 aromatic rings. The molecule has 0 aliphatic carbocycles. The number of hydrogen-bond donors (Lipinski definition) is 3. The molecule has 8 nitrogen and oxygen atoms in total. The number of rotatable bonds is 6. The number of nitrogens with zero attached hydrogens (tertiary/aromatic N) is 2. The predicted molar refractivity (Wildman–Crippen MR) is 126 cm³/mol. The van der Waals surface area contributed by atoms with Crippen molar-refractivity contribution in [3.8, 4) is 11.4 Å². The topological polar surface area (TPSA) is 97.3 Å². The van der Waals surface area contributed by atoms with E-state index in [2.05, 4.69) is 21.3 Å². The van der Waals surface area contributed by atoms with Gasteiger partial charge in [-0.1, -0.05) is 35.9 Å². The van der Waals surface area contributed by atoms with Crippen LogP contribution in [0, 0.1) is 6.92 Å². The average molecular weight is 470 g/mol. The minimum atomic E-state index is -0.415. The van der Waals surface area contributed by atoms with Crippen molar-refractivity contribution in [3.05, 3.63) is 70.2 Å². The van der Waals surface area contributed by atoms with Crippen LogP contribution in [0.5, 0.6) is 5.75 Å². The number of para-hydroxylation sites is 3. The van der Waals surface area contributed by atoms with Gasteiger partial charge in [0, 0.05) is 5.39 Å². The van der Waals surface area contributed by atoms with Gasteiger partial charge < -0.3 is 10.1 Å². The van der Waals surface area contributed by atoms with Crippen molar-refractivity contribution in [3.63, 3.8) is 0 Å². The van der Waals surface area contributed by atoms with Crippen LogP contribution in [0.2, 0.25) is 5.02 Å². The number of anilines is 1. The Bertz CT molecular complexity index is 1300. The summed E-state index contributed by atoms with van der Waals surface area (Å²) >= 11 is 7.59. The van der Waals surface area contributed by atoms with Crippen LogP contribution >= 0.6 is 22.9 Å². The van der Waals surface area contributed by atoms with Gasteiger partial charge in [-0.25, -0.2) is 4.68 Å². The van der Waals surface area contributed by atoms with Crippen LogP contribution in [0.4, 0.5) is 5.69 Å². The van der Waals surface area contributed by atoms with Crippen LogP contribution in [-0.4, -0.2) is 35.2 Å². The zero-order chi connectivity index (χ0) is 22.7. The zero-order valence-corrected chi connectivity index (χ0v) is 18.9. The maximum absolute atomic E-state index is 12.6. The number of benzene rings is 2. The molecule has 3 N–H and O–H groups in total. The normalized spacial score (nSPS) is 10.7. The summed E-state index contributed by atoms with van der Waals surface area (Å²) in [5.74, 6) is -0.191. The van der Waals surface area contributed by atoms with Crippen LogP contribution < -0.4 is 20.9 Å². The first-order valence-electron chi connectivity index (χ1n) is 9.68. The third-order valence-electron chi connectivity index (χ3n) is 4.71. The second kappa shape index (κ2) is 9.29. The molecule has 0 radical (unpaired) electrons. The lowest BCUT2D eigenvalue weighted by molar-refractivity contribution is -0.120. The molecular formula is C22H20ClN5O3S. The number of fused-ring (bicyclic) bond motifs is 1. The fourth-order valence-corrected chi connectivity index (χ4v) is 4.43. The van der Waals surface area contributed by atoms with Crippen LogP contribution in [0.1, 0.15) is 15.4 Å². The van der Waals surface area contributed by atoms with Gasteiger partial charge in [0.25, 0.3) is 11.8 Å². The van der Waals surface area contributed by atoms with Gasteiger partial charge in [-0.3, -0.25) is 20.4 Å². The molecular weight excluding hydrogens is 450 g/mol. The van der Waals surface area contributed by atoms with Crippen LogP contribution in [0.3, 0.4) is 0 Å². The molecule has 0 aliphatic heterocycles. The van der Waals surface area contributed by atoms with E-state index in [4.69, 9.17) is 16.3 Å². The number of hydrogen-bond acceptors (Lipinski definition) is 6. The number of carbonyl (C=O) groups excluding carboxylic acids is 2. The first kappa shape index (κ1) is 21.7. The Morgan fingerprint density at radius 2 is 1.88 bits per heavy atom. The van der Waals surface area contributed by atoms with Crippen molar-refractivity contribution in [2.75, 3.05) is 19.0 Å². The average Bonchev–Trinajstić information content (AvgIpc) is 3.37. The molecule has 2 aromatic carbocycles. The summed E-state index contributed by atoms with van der Waals surface area (Å²) in [6, 6.07) is 16.4. The molecule has 164 valence electrons. The molecule has 0 spiro atoms. The molecule has 10 heteroatoms. The first-order chi connectivity index (χ1) is 15.5. The molecule has 2 amide bonds. The van der Waals surface area contributed by atoms with E-state index in [-0.39, 0.29) is 6.54 Å². The van der Waals surface area contributed by atoms with Crippen molar-refractivity contribution in [2.45, 2.75) is 6.92 Å². The van der Waals surface area contributed by atoms with Gasteiger partial charge in [0.1, 0.15) is 10.6 Å². The molecule has 0 saturated heterocycles. The third kappa shape index (κ3) is 4.39. The van der Waals surface area contributed by atoms with E-state index < -0.39 is 11.8 Å².